The molecule has 0 aliphatic carbocycles. The predicted octanol–water partition coefficient (Wildman–Crippen LogP) is 5.54. The summed E-state index contributed by atoms with van der Waals surface area (Å²) >= 11 is 3.39. The Labute approximate surface area is 201 Å². The molecule has 0 radical (unpaired) electrons. The molecule has 3 rings (SSSR count). The van der Waals surface area contributed by atoms with E-state index in [0.717, 1.165) is 23.7 Å². The van der Waals surface area contributed by atoms with Gasteiger partial charge in [0.15, 0.2) is 6.61 Å². The van der Waals surface area contributed by atoms with Crippen molar-refractivity contribution in [1.29, 1.82) is 0 Å². The molecule has 0 saturated carbocycles. The molecule has 170 valence electrons. The van der Waals surface area contributed by atoms with Gasteiger partial charge < -0.3 is 9.47 Å². The molecule has 7 heteroatoms. The van der Waals surface area contributed by atoms with Crippen LogP contribution in [0.3, 0.4) is 0 Å². The average molecular weight is 509 g/mol. The highest BCUT2D eigenvalue weighted by atomic mass is 79.9. The molecule has 1 N–H and O–H groups in total. The number of unbranched alkanes of at least 4 members (excludes halogenated alkanes) is 1. The van der Waals surface area contributed by atoms with Crippen molar-refractivity contribution >= 4 is 34.0 Å². The van der Waals surface area contributed by atoms with Gasteiger partial charge in [0.2, 0.25) is 0 Å². The number of esters is 1. The number of halogens is 1. The van der Waals surface area contributed by atoms with Crippen molar-refractivity contribution in [2.75, 3.05) is 6.61 Å². The summed E-state index contributed by atoms with van der Waals surface area (Å²) in [6.45, 7) is 1.99. The van der Waals surface area contributed by atoms with E-state index in [9.17, 15) is 9.59 Å². The molecule has 6 nitrogen and oxygen atoms in total. The Morgan fingerprint density at radius 2 is 1.79 bits per heavy atom. The maximum Gasteiger partial charge on any atom is 0.343 e. The number of nitrogens with zero attached hydrogens (tertiary/aromatic N) is 1. The number of nitrogens with one attached hydrogen (secondary N) is 1. The summed E-state index contributed by atoms with van der Waals surface area (Å²) in [5.74, 6) is 0.0609. The molecule has 0 spiro atoms. The summed E-state index contributed by atoms with van der Waals surface area (Å²) in [7, 11) is 0. The zero-order chi connectivity index (χ0) is 23.5. The van der Waals surface area contributed by atoms with E-state index >= 15 is 0 Å². The van der Waals surface area contributed by atoms with Gasteiger partial charge in [0.05, 0.1) is 11.8 Å². The highest BCUT2D eigenvalue weighted by Crippen LogP contribution is 2.23. The van der Waals surface area contributed by atoms with Crippen LogP contribution in [0.2, 0.25) is 0 Å². The van der Waals surface area contributed by atoms with E-state index in [1.54, 1.807) is 42.5 Å². The number of hydrogen-bond donors (Lipinski definition) is 1. The zero-order valence-electron chi connectivity index (χ0n) is 18.3. The van der Waals surface area contributed by atoms with Crippen LogP contribution in [0.15, 0.2) is 82.4 Å². The maximum absolute atomic E-state index is 12.4. The molecule has 0 aromatic heterocycles. The minimum absolute atomic E-state index is 0.167. The smallest absolute Gasteiger partial charge is 0.343 e. The monoisotopic (exact) mass is 508 g/mol. The standard InChI is InChI=1S/C26H25BrN2O4/c1-2-3-7-19-10-13-23(14-11-19)32-18-25(30)29-28-17-21-16-22(27)12-15-24(21)33-26(31)20-8-5-4-6-9-20/h4-6,8-17H,2-3,7,18H2,1H3,(H,29,30)/b28-17-. The van der Waals surface area contributed by atoms with Gasteiger partial charge in [0, 0.05) is 10.0 Å². The lowest BCUT2D eigenvalue weighted by molar-refractivity contribution is -0.123. The number of hydrogen-bond acceptors (Lipinski definition) is 5. The molecule has 3 aromatic carbocycles. The number of carbonyl (C=O) groups is 2. The topological polar surface area (TPSA) is 77.0 Å². The molecular weight excluding hydrogens is 484 g/mol. The van der Waals surface area contributed by atoms with Crippen molar-refractivity contribution in [1.82, 2.24) is 5.43 Å². The summed E-state index contributed by atoms with van der Waals surface area (Å²) < 4.78 is 11.8. The molecule has 1 amide bonds. The number of carbonyl (C=O) groups excluding carboxylic acids is 2. The minimum atomic E-state index is -0.481. The van der Waals surface area contributed by atoms with Crippen LogP contribution in [0.4, 0.5) is 0 Å². The summed E-state index contributed by atoms with van der Waals surface area (Å²) in [6.07, 6.45) is 4.74. The molecule has 0 fully saturated rings. The first-order chi connectivity index (χ1) is 16.0. The van der Waals surface area contributed by atoms with Gasteiger partial charge in [-0.15, -0.1) is 0 Å². The summed E-state index contributed by atoms with van der Waals surface area (Å²) in [5, 5.41) is 3.97. The van der Waals surface area contributed by atoms with Gasteiger partial charge in [0.1, 0.15) is 11.5 Å². The molecule has 0 heterocycles. The Morgan fingerprint density at radius 1 is 1.03 bits per heavy atom. The predicted molar refractivity (Wildman–Crippen MR) is 132 cm³/mol. The van der Waals surface area contributed by atoms with Gasteiger partial charge in [-0.1, -0.05) is 59.6 Å². The van der Waals surface area contributed by atoms with E-state index < -0.39 is 11.9 Å². The second kappa shape index (κ2) is 12.6. The molecule has 3 aromatic rings. The molecule has 0 aliphatic heterocycles. The first kappa shape index (κ1) is 24.2. The quantitative estimate of drug-likeness (QED) is 0.169. The van der Waals surface area contributed by atoms with E-state index in [4.69, 9.17) is 9.47 Å². The van der Waals surface area contributed by atoms with Crippen molar-refractivity contribution in [2.24, 2.45) is 5.10 Å². The van der Waals surface area contributed by atoms with E-state index in [-0.39, 0.29) is 6.61 Å². The van der Waals surface area contributed by atoms with Crippen LogP contribution in [0.25, 0.3) is 0 Å². The normalized spacial score (nSPS) is 10.7. The van der Waals surface area contributed by atoms with Crippen LogP contribution < -0.4 is 14.9 Å². The second-order valence-corrected chi connectivity index (χ2v) is 8.18. The lowest BCUT2D eigenvalue weighted by atomic mass is 10.1. The van der Waals surface area contributed by atoms with Crippen molar-refractivity contribution < 1.29 is 19.1 Å². The zero-order valence-corrected chi connectivity index (χ0v) is 19.9. The number of benzene rings is 3. The van der Waals surface area contributed by atoms with Crippen LogP contribution in [0, 0.1) is 0 Å². The van der Waals surface area contributed by atoms with Crippen LogP contribution >= 0.6 is 15.9 Å². The summed E-state index contributed by atoms with van der Waals surface area (Å²) in [5.41, 5.74) is 4.63. The summed E-state index contributed by atoms with van der Waals surface area (Å²) in [4.78, 5) is 24.4. The Morgan fingerprint density at radius 3 is 2.52 bits per heavy atom. The fourth-order valence-electron chi connectivity index (χ4n) is 2.93. The number of ether oxygens (including phenoxy) is 2. The lowest BCUT2D eigenvalue weighted by Crippen LogP contribution is -2.24. The fourth-order valence-corrected chi connectivity index (χ4v) is 3.31. The first-order valence-electron chi connectivity index (χ1n) is 10.7. The van der Waals surface area contributed by atoms with Gasteiger partial charge in [-0.3, -0.25) is 4.79 Å². The van der Waals surface area contributed by atoms with Crippen LogP contribution in [0.5, 0.6) is 11.5 Å². The van der Waals surface area contributed by atoms with Gasteiger partial charge >= 0.3 is 5.97 Å². The lowest BCUT2D eigenvalue weighted by Gasteiger charge is -2.08. The number of rotatable bonds is 10. The highest BCUT2D eigenvalue weighted by Gasteiger charge is 2.11. The third-order valence-electron chi connectivity index (χ3n) is 4.69. The Bertz CT molecular complexity index is 1100. The third kappa shape index (κ3) is 7.88. The largest absolute Gasteiger partial charge is 0.484 e. The highest BCUT2D eigenvalue weighted by molar-refractivity contribution is 9.10. The van der Waals surface area contributed by atoms with Gasteiger partial charge in [-0.2, -0.15) is 5.10 Å². The van der Waals surface area contributed by atoms with Crippen LogP contribution in [0.1, 0.15) is 41.3 Å². The van der Waals surface area contributed by atoms with Crippen LogP contribution in [-0.4, -0.2) is 24.7 Å². The number of aryl methyl sites for hydroxylation is 1. The van der Waals surface area contributed by atoms with Gasteiger partial charge in [0.25, 0.3) is 5.91 Å². The second-order valence-electron chi connectivity index (χ2n) is 7.27. The Balaban J connectivity index is 1.54. The van der Waals surface area contributed by atoms with E-state index in [2.05, 4.69) is 33.4 Å². The fraction of sp³-hybridized carbons (Fsp3) is 0.192. The molecular formula is C26H25BrN2O4. The van der Waals surface area contributed by atoms with Crippen LogP contribution in [-0.2, 0) is 11.2 Å². The SMILES string of the molecule is CCCCc1ccc(OCC(=O)N/N=C\c2cc(Br)ccc2OC(=O)c2ccccc2)cc1. The minimum Gasteiger partial charge on any atom is -0.484 e. The van der Waals surface area contributed by atoms with E-state index in [1.807, 2.05) is 30.3 Å². The van der Waals surface area contributed by atoms with Gasteiger partial charge in [-0.05, 0) is 60.9 Å². The first-order valence-corrected chi connectivity index (χ1v) is 11.4. The maximum atomic E-state index is 12.4. The Hall–Kier alpha value is -3.45. The molecule has 33 heavy (non-hydrogen) atoms. The van der Waals surface area contributed by atoms with E-state index in [1.165, 1.54) is 11.8 Å². The average Bonchev–Trinajstić information content (AvgIpc) is 2.84. The number of hydrazone groups is 1. The molecule has 0 unspecified atom stereocenters. The molecule has 0 bridgehead atoms. The molecule has 0 atom stereocenters. The third-order valence-corrected chi connectivity index (χ3v) is 5.18. The Kier molecular flexibility index (Phi) is 9.20. The van der Waals surface area contributed by atoms with Crippen molar-refractivity contribution in [3.05, 3.63) is 94.0 Å². The number of amides is 1. The molecule has 0 saturated heterocycles. The van der Waals surface area contributed by atoms with E-state index in [0.29, 0.717) is 22.6 Å². The van der Waals surface area contributed by atoms with Crippen molar-refractivity contribution in [2.45, 2.75) is 26.2 Å². The molecule has 0 aliphatic rings. The summed E-state index contributed by atoms with van der Waals surface area (Å²) in [6, 6.07) is 21.6. The van der Waals surface area contributed by atoms with Crippen molar-refractivity contribution in [3.8, 4) is 11.5 Å². The van der Waals surface area contributed by atoms with Gasteiger partial charge in [-0.25, -0.2) is 10.2 Å². The van der Waals surface area contributed by atoms with Crippen molar-refractivity contribution in [3.63, 3.8) is 0 Å².